The summed E-state index contributed by atoms with van der Waals surface area (Å²) < 4.78 is 5.54. The van der Waals surface area contributed by atoms with Gasteiger partial charge in [-0.2, -0.15) is 0 Å². The lowest BCUT2D eigenvalue weighted by Gasteiger charge is -2.20. The van der Waals surface area contributed by atoms with Crippen LogP contribution in [0, 0.1) is 0 Å². The highest BCUT2D eigenvalue weighted by atomic mass is 16.4. The maximum Gasteiger partial charge on any atom is 0.303 e. The van der Waals surface area contributed by atoms with Crippen molar-refractivity contribution in [3.05, 3.63) is 17.8 Å². The molecule has 16 heavy (non-hydrogen) atoms. The predicted molar refractivity (Wildman–Crippen MR) is 57.1 cm³/mol. The van der Waals surface area contributed by atoms with Crippen molar-refractivity contribution >= 4 is 5.97 Å². The van der Waals surface area contributed by atoms with Crippen molar-refractivity contribution in [2.75, 3.05) is 6.54 Å². The second-order valence-electron chi connectivity index (χ2n) is 4.06. The molecule has 0 saturated carbocycles. The molecule has 1 fully saturated rings. The zero-order valence-electron chi connectivity index (χ0n) is 9.11. The number of nitrogens with one attached hydrogen (secondary N) is 1. The Hall–Kier alpha value is -1.36. The molecule has 1 atom stereocenters. The van der Waals surface area contributed by atoms with Gasteiger partial charge < -0.3 is 14.8 Å². The van der Waals surface area contributed by atoms with E-state index in [0.717, 1.165) is 13.0 Å². The van der Waals surface area contributed by atoms with Gasteiger partial charge in [-0.25, -0.2) is 4.98 Å². The smallest absolute Gasteiger partial charge is 0.303 e. The van der Waals surface area contributed by atoms with Crippen LogP contribution in [0.2, 0.25) is 0 Å². The van der Waals surface area contributed by atoms with Gasteiger partial charge >= 0.3 is 5.97 Å². The number of carboxylic acid groups (broad SMARTS) is 1. The molecule has 88 valence electrons. The predicted octanol–water partition coefficient (Wildman–Crippen LogP) is 1.51. The SMILES string of the molecule is O=C(O)CCc1cnc(C2CCCCN2)o1. The molecule has 0 amide bonds. The maximum absolute atomic E-state index is 10.4. The second-order valence-corrected chi connectivity index (χ2v) is 4.06. The lowest BCUT2D eigenvalue weighted by Crippen LogP contribution is -2.26. The highest BCUT2D eigenvalue weighted by Gasteiger charge is 2.19. The number of rotatable bonds is 4. The van der Waals surface area contributed by atoms with Crippen molar-refractivity contribution in [1.82, 2.24) is 10.3 Å². The molecule has 5 heteroatoms. The van der Waals surface area contributed by atoms with Gasteiger partial charge in [-0.3, -0.25) is 4.79 Å². The van der Waals surface area contributed by atoms with Gasteiger partial charge in [-0.05, 0) is 19.4 Å². The molecule has 2 N–H and O–H groups in total. The molecule has 1 aliphatic heterocycles. The van der Waals surface area contributed by atoms with Gasteiger partial charge in [0.25, 0.3) is 0 Å². The summed E-state index contributed by atoms with van der Waals surface area (Å²) in [6, 6.07) is 0.201. The minimum absolute atomic E-state index is 0.0900. The van der Waals surface area contributed by atoms with Crippen LogP contribution in [0.15, 0.2) is 10.6 Å². The molecular weight excluding hydrogens is 208 g/mol. The third-order valence-electron chi connectivity index (χ3n) is 2.77. The van der Waals surface area contributed by atoms with E-state index in [9.17, 15) is 4.79 Å². The fraction of sp³-hybridized carbons (Fsp3) is 0.636. The largest absolute Gasteiger partial charge is 0.481 e. The molecule has 5 nitrogen and oxygen atoms in total. The summed E-state index contributed by atoms with van der Waals surface area (Å²) in [6.45, 7) is 0.998. The molecule has 2 rings (SSSR count). The third-order valence-corrected chi connectivity index (χ3v) is 2.77. The third kappa shape index (κ3) is 2.82. The monoisotopic (exact) mass is 224 g/mol. The van der Waals surface area contributed by atoms with Gasteiger partial charge in [0.05, 0.1) is 18.7 Å². The van der Waals surface area contributed by atoms with E-state index >= 15 is 0 Å². The molecule has 1 unspecified atom stereocenters. The Morgan fingerprint density at radius 1 is 1.62 bits per heavy atom. The van der Waals surface area contributed by atoms with Gasteiger partial charge in [0, 0.05) is 6.42 Å². The van der Waals surface area contributed by atoms with Gasteiger partial charge in [0.2, 0.25) is 5.89 Å². The molecule has 0 radical (unpaired) electrons. The molecule has 1 aliphatic rings. The Morgan fingerprint density at radius 2 is 2.50 bits per heavy atom. The quantitative estimate of drug-likeness (QED) is 0.810. The highest BCUT2D eigenvalue weighted by molar-refractivity contribution is 5.66. The first-order valence-corrected chi connectivity index (χ1v) is 5.65. The molecule has 2 heterocycles. The lowest BCUT2D eigenvalue weighted by atomic mass is 10.1. The van der Waals surface area contributed by atoms with Gasteiger partial charge in [0.1, 0.15) is 5.76 Å². The topological polar surface area (TPSA) is 75.4 Å². The van der Waals surface area contributed by atoms with Crippen LogP contribution < -0.4 is 5.32 Å². The number of aromatic nitrogens is 1. The van der Waals surface area contributed by atoms with Crippen LogP contribution in [-0.2, 0) is 11.2 Å². The van der Waals surface area contributed by atoms with Crippen LogP contribution in [0.25, 0.3) is 0 Å². The average Bonchev–Trinajstić information content (AvgIpc) is 2.76. The standard InChI is InChI=1S/C11H16N2O3/c14-10(15)5-4-8-7-13-11(16-8)9-3-1-2-6-12-9/h7,9,12H,1-6H2,(H,14,15). The Kier molecular flexibility index (Phi) is 3.56. The summed E-state index contributed by atoms with van der Waals surface area (Å²) in [7, 11) is 0. The van der Waals surface area contributed by atoms with Crippen LogP contribution in [0.1, 0.15) is 43.4 Å². The molecule has 1 aromatic rings. The summed E-state index contributed by atoms with van der Waals surface area (Å²) in [5, 5.41) is 11.9. The molecule has 1 aromatic heterocycles. The van der Waals surface area contributed by atoms with Crippen LogP contribution in [0.3, 0.4) is 0 Å². The Balaban J connectivity index is 1.93. The molecule has 0 spiro atoms. The van der Waals surface area contributed by atoms with Crippen molar-refractivity contribution < 1.29 is 14.3 Å². The van der Waals surface area contributed by atoms with Crippen LogP contribution in [-0.4, -0.2) is 22.6 Å². The van der Waals surface area contributed by atoms with E-state index in [4.69, 9.17) is 9.52 Å². The van der Waals surface area contributed by atoms with Crippen molar-refractivity contribution in [3.8, 4) is 0 Å². The number of nitrogens with zero attached hydrogens (tertiary/aromatic N) is 1. The van der Waals surface area contributed by atoms with Crippen molar-refractivity contribution in [2.45, 2.75) is 38.1 Å². The number of aryl methyl sites for hydroxylation is 1. The molecule has 0 aromatic carbocycles. The lowest BCUT2D eigenvalue weighted by molar-refractivity contribution is -0.137. The number of hydrogen-bond donors (Lipinski definition) is 2. The second kappa shape index (κ2) is 5.12. The first-order chi connectivity index (χ1) is 7.75. The number of carbonyl (C=O) groups is 1. The van der Waals surface area contributed by atoms with Gasteiger partial charge in [-0.15, -0.1) is 0 Å². The number of carboxylic acids is 1. The first kappa shape index (κ1) is 11.1. The van der Waals surface area contributed by atoms with E-state index in [1.165, 1.54) is 12.8 Å². The minimum Gasteiger partial charge on any atom is -0.481 e. The minimum atomic E-state index is -0.811. The van der Waals surface area contributed by atoms with E-state index in [1.807, 2.05) is 0 Å². The summed E-state index contributed by atoms with van der Waals surface area (Å²) in [6.07, 6.45) is 5.56. The van der Waals surface area contributed by atoms with E-state index in [0.29, 0.717) is 18.1 Å². The van der Waals surface area contributed by atoms with Crippen molar-refractivity contribution in [3.63, 3.8) is 0 Å². The number of hydrogen-bond acceptors (Lipinski definition) is 4. The number of piperidine rings is 1. The number of oxazole rings is 1. The zero-order valence-corrected chi connectivity index (χ0v) is 9.11. The fourth-order valence-electron chi connectivity index (χ4n) is 1.89. The Bertz CT molecular complexity index is 356. The van der Waals surface area contributed by atoms with Crippen molar-refractivity contribution in [1.29, 1.82) is 0 Å². The summed E-state index contributed by atoms with van der Waals surface area (Å²) in [5.41, 5.74) is 0. The van der Waals surface area contributed by atoms with Crippen LogP contribution >= 0.6 is 0 Å². The van der Waals surface area contributed by atoms with E-state index in [1.54, 1.807) is 6.20 Å². The molecule has 1 saturated heterocycles. The fourth-order valence-corrected chi connectivity index (χ4v) is 1.89. The van der Waals surface area contributed by atoms with Crippen LogP contribution in [0.4, 0.5) is 0 Å². The normalized spacial score (nSPS) is 20.9. The summed E-state index contributed by atoms with van der Waals surface area (Å²) in [5.74, 6) is 0.540. The maximum atomic E-state index is 10.4. The van der Waals surface area contributed by atoms with Gasteiger partial charge in [0.15, 0.2) is 0 Å². The summed E-state index contributed by atoms with van der Waals surface area (Å²) in [4.78, 5) is 14.6. The molecule has 0 bridgehead atoms. The summed E-state index contributed by atoms with van der Waals surface area (Å²) >= 11 is 0. The van der Waals surface area contributed by atoms with E-state index < -0.39 is 5.97 Å². The molecule has 0 aliphatic carbocycles. The highest BCUT2D eigenvalue weighted by Crippen LogP contribution is 2.22. The Morgan fingerprint density at radius 3 is 3.19 bits per heavy atom. The van der Waals surface area contributed by atoms with E-state index in [-0.39, 0.29) is 12.5 Å². The first-order valence-electron chi connectivity index (χ1n) is 5.65. The average molecular weight is 224 g/mol. The number of aliphatic carboxylic acids is 1. The van der Waals surface area contributed by atoms with Crippen LogP contribution in [0.5, 0.6) is 0 Å². The Labute approximate surface area is 93.9 Å². The molecular formula is C11H16N2O3. The van der Waals surface area contributed by atoms with Gasteiger partial charge in [-0.1, -0.05) is 6.42 Å². The van der Waals surface area contributed by atoms with E-state index in [2.05, 4.69) is 10.3 Å². The zero-order chi connectivity index (χ0) is 11.4. The van der Waals surface area contributed by atoms with Crippen molar-refractivity contribution in [2.24, 2.45) is 0 Å².